The van der Waals surface area contributed by atoms with Crippen LogP contribution in [0.15, 0.2) is 36.4 Å². The van der Waals surface area contributed by atoms with Crippen LogP contribution in [0, 0.1) is 6.92 Å². The summed E-state index contributed by atoms with van der Waals surface area (Å²) in [6, 6.07) is 9.83. The number of nitrogens with zero attached hydrogens (tertiary/aromatic N) is 2. The predicted molar refractivity (Wildman–Crippen MR) is 109 cm³/mol. The van der Waals surface area contributed by atoms with Gasteiger partial charge in [-0.15, -0.1) is 0 Å². The van der Waals surface area contributed by atoms with E-state index in [9.17, 15) is 19.2 Å². The van der Waals surface area contributed by atoms with E-state index < -0.39 is 30.2 Å². The lowest BCUT2D eigenvalue weighted by Crippen LogP contribution is -2.43. The first-order valence-corrected chi connectivity index (χ1v) is 9.38. The summed E-state index contributed by atoms with van der Waals surface area (Å²) in [5.41, 5.74) is 1.85. The molecule has 0 aliphatic carbocycles. The number of nitrogens with one attached hydrogen (secondary N) is 1. The van der Waals surface area contributed by atoms with Gasteiger partial charge in [0.05, 0.1) is 27.7 Å². The lowest BCUT2D eigenvalue weighted by molar-refractivity contribution is -0.133. The predicted octanol–water partition coefficient (Wildman–Crippen LogP) is 2.99. The monoisotopic (exact) mass is 433 g/mol. The Morgan fingerprint density at radius 1 is 1.00 bits per heavy atom. The summed E-state index contributed by atoms with van der Waals surface area (Å²) < 4.78 is 0. The van der Waals surface area contributed by atoms with Crippen molar-refractivity contribution < 1.29 is 19.2 Å². The molecule has 0 spiro atoms. The topological polar surface area (TPSA) is 86.8 Å². The number of anilines is 1. The van der Waals surface area contributed by atoms with Crippen LogP contribution >= 0.6 is 23.2 Å². The van der Waals surface area contributed by atoms with Gasteiger partial charge in [-0.2, -0.15) is 0 Å². The number of fused-ring (bicyclic) bond motifs is 1. The van der Waals surface area contributed by atoms with Gasteiger partial charge in [-0.1, -0.05) is 40.9 Å². The van der Waals surface area contributed by atoms with Crippen LogP contribution in [0.4, 0.5) is 5.69 Å². The molecule has 0 saturated heterocycles. The van der Waals surface area contributed by atoms with Crippen LogP contribution in [0.2, 0.25) is 10.0 Å². The molecule has 7 nitrogen and oxygen atoms in total. The largest absolute Gasteiger partial charge is 0.335 e. The van der Waals surface area contributed by atoms with E-state index in [2.05, 4.69) is 5.32 Å². The number of halogens is 2. The molecule has 29 heavy (non-hydrogen) atoms. The van der Waals surface area contributed by atoms with Gasteiger partial charge in [0.15, 0.2) is 0 Å². The summed E-state index contributed by atoms with van der Waals surface area (Å²) in [5, 5.41) is 2.97. The number of amides is 4. The van der Waals surface area contributed by atoms with Gasteiger partial charge in [-0.25, -0.2) is 0 Å². The fourth-order valence-electron chi connectivity index (χ4n) is 2.82. The molecule has 0 radical (unpaired) electrons. The van der Waals surface area contributed by atoms with Gasteiger partial charge in [-0.05, 0) is 31.2 Å². The highest BCUT2D eigenvalue weighted by Crippen LogP contribution is 2.31. The molecule has 0 bridgehead atoms. The summed E-state index contributed by atoms with van der Waals surface area (Å²) in [5.74, 6) is -2.22. The first-order valence-electron chi connectivity index (χ1n) is 8.63. The van der Waals surface area contributed by atoms with Crippen molar-refractivity contribution in [3.05, 3.63) is 63.1 Å². The number of imide groups is 1. The molecule has 1 aliphatic rings. The van der Waals surface area contributed by atoms with Crippen molar-refractivity contribution in [2.45, 2.75) is 6.92 Å². The molecular weight excluding hydrogens is 417 g/mol. The van der Waals surface area contributed by atoms with Crippen LogP contribution in [-0.2, 0) is 9.59 Å². The van der Waals surface area contributed by atoms with Crippen molar-refractivity contribution >= 4 is 52.5 Å². The molecule has 9 heteroatoms. The first kappa shape index (κ1) is 20.8. The second-order valence-electron chi connectivity index (χ2n) is 6.67. The Labute approximate surface area is 177 Å². The fourth-order valence-corrected chi connectivity index (χ4v) is 3.15. The van der Waals surface area contributed by atoms with Crippen LogP contribution in [-0.4, -0.2) is 53.6 Å². The summed E-state index contributed by atoms with van der Waals surface area (Å²) in [4.78, 5) is 51.5. The number of benzene rings is 2. The van der Waals surface area contributed by atoms with Crippen LogP contribution in [0.3, 0.4) is 0 Å². The average molecular weight is 434 g/mol. The molecule has 1 N–H and O–H groups in total. The number of rotatable bonds is 5. The van der Waals surface area contributed by atoms with Crippen LogP contribution in [0.1, 0.15) is 26.3 Å². The Bertz CT molecular complexity index is 980. The molecule has 150 valence electrons. The third-order valence-corrected chi connectivity index (χ3v) is 5.17. The van der Waals surface area contributed by atoms with E-state index in [1.807, 2.05) is 19.1 Å². The van der Waals surface area contributed by atoms with Gasteiger partial charge >= 0.3 is 0 Å². The third-order valence-electron chi connectivity index (χ3n) is 4.45. The van der Waals surface area contributed by atoms with Gasteiger partial charge in [0, 0.05) is 12.7 Å². The molecule has 1 aliphatic heterocycles. The zero-order valence-electron chi connectivity index (χ0n) is 15.7. The van der Waals surface area contributed by atoms with E-state index in [-0.39, 0.29) is 27.7 Å². The average Bonchev–Trinajstić information content (AvgIpc) is 2.88. The second-order valence-corrected chi connectivity index (χ2v) is 7.49. The zero-order chi connectivity index (χ0) is 21.3. The number of carbonyl (C=O) groups is 4. The molecule has 1 heterocycles. The minimum absolute atomic E-state index is 0.0944. The van der Waals surface area contributed by atoms with E-state index in [0.717, 1.165) is 15.4 Å². The van der Waals surface area contributed by atoms with Gasteiger partial charge in [-0.3, -0.25) is 24.1 Å². The second kappa shape index (κ2) is 8.23. The standard InChI is InChI=1S/C20H17Cl2N3O4/c1-11-3-5-12(6-4-11)23-17(26)9-24(2)18(27)10-25-19(28)13-7-15(21)16(22)8-14(13)20(25)29/h3-8H,9-10H2,1-2H3,(H,23,26). The SMILES string of the molecule is Cc1ccc(NC(=O)CN(C)C(=O)CN2C(=O)c3cc(Cl)c(Cl)cc3C2=O)cc1. The van der Waals surface area contributed by atoms with Crippen molar-refractivity contribution in [1.82, 2.24) is 9.80 Å². The Balaban J connectivity index is 1.62. The van der Waals surface area contributed by atoms with Crippen molar-refractivity contribution in [3.63, 3.8) is 0 Å². The molecule has 0 saturated carbocycles. The normalized spacial score (nSPS) is 12.8. The number of aryl methyl sites for hydroxylation is 1. The third kappa shape index (κ3) is 4.41. The molecule has 0 unspecified atom stereocenters. The maximum Gasteiger partial charge on any atom is 0.262 e. The molecule has 0 fully saturated rings. The Morgan fingerprint density at radius 3 is 2.03 bits per heavy atom. The van der Waals surface area contributed by atoms with Crippen LogP contribution in [0.25, 0.3) is 0 Å². The summed E-state index contributed by atoms with van der Waals surface area (Å²) in [6.45, 7) is 1.21. The van der Waals surface area contributed by atoms with Crippen molar-refractivity contribution in [3.8, 4) is 0 Å². The highest BCUT2D eigenvalue weighted by Gasteiger charge is 2.38. The fraction of sp³-hybridized carbons (Fsp3) is 0.200. The molecule has 0 atom stereocenters. The van der Waals surface area contributed by atoms with Crippen molar-refractivity contribution in [2.24, 2.45) is 0 Å². The summed E-state index contributed by atoms with van der Waals surface area (Å²) in [7, 11) is 1.42. The number of likely N-dealkylation sites (N-methyl/N-ethyl adjacent to an activating group) is 1. The highest BCUT2D eigenvalue weighted by atomic mass is 35.5. The molecule has 2 aromatic rings. The lowest BCUT2D eigenvalue weighted by atomic mass is 10.1. The minimum atomic E-state index is -0.630. The Morgan fingerprint density at radius 2 is 1.52 bits per heavy atom. The molecule has 0 aromatic heterocycles. The van der Waals surface area contributed by atoms with Crippen molar-refractivity contribution in [2.75, 3.05) is 25.5 Å². The van der Waals surface area contributed by atoms with Crippen LogP contribution < -0.4 is 5.32 Å². The zero-order valence-corrected chi connectivity index (χ0v) is 17.2. The quantitative estimate of drug-likeness (QED) is 0.734. The van der Waals surface area contributed by atoms with Gasteiger partial charge < -0.3 is 10.2 Å². The maximum atomic E-state index is 12.5. The van der Waals surface area contributed by atoms with E-state index in [0.29, 0.717) is 5.69 Å². The maximum absolute atomic E-state index is 12.5. The molecular formula is C20H17Cl2N3O4. The smallest absolute Gasteiger partial charge is 0.262 e. The molecule has 2 aromatic carbocycles. The van der Waals surface area contributed by atoms with Crippen LogP contribution in [0.5, 0.6) is 0 Å². The van der Waals surface area contributed by atoms with Crippen molar-refractivity contribution in [1.29, 1.82) is 0 Å². The van der Waals surface area contributed by atoms with E-state index in [4.69, 9.17) is 23.2 Å². The van der Waals surface area contributed by atoms with Gasteiger partial charge in [0.2, 0.25) is 11.8 Å². The molecule has 3 rings (SSSR count). The Kier molecular flexibility index (Phi) is 5.91. The number of carbonyl (C=O) groups excluding carboxylic acids is 4. The first-order chi connectivity index (χ1) is 13.7. The van der Waals surface area contributed by atoms with E-state index in [1.54, 1.807) is 12.1 Å². The van der Waals surface area contributed by atoms with Gasteiger partial charge in [0.1, 0.15) is 6.54 Å². The van der Waals surface area contributed by atoms with E-state index >= 15 is 0 Å². The molecule has 4 amide bonds. The summed E-state index contributed by atoms with van der Waals surface area (Å²) in [6.07, 6.45) is 0. The van der Waals surface area contributed by atoms with E-state index in [1.165, 1.54) is 19.2 Å². The minimum Gasteiger partial charge on any atom is -0.335 e. The van der Waals surface area contributed by atoms with Gasteiger partial charge in [0.25, 0.3) is 11.8 Å². The number of hydrogen-bond donors (Lipinski definition) is 1. The highest BCUT2D eigenvalue weighted by molar-refractivity contribution is 6.43. The Hall–Kier alpha value is -2.90. The number of hydrogen-bond acceptors (Lipinski definition) is 4. The lowest BCUT2D eigenvalue weighted by Gasteiger charge is -2.20. The summed E-state index contributed by atoms with van der Waals surface area (Å²) >= 11 is 11.8.